The number of nitrogens with zero attached hydrogens (tertiary/aromatic N) is 1. The second-order valence-corrected chi connectivity index (χ2v) is 4.71. The zero-order valence-corrected chi connectivity index (χ0v) is 11.2. The van der Waals surface area contributed by atoms with Crippen LogP contribution in [0.1, 0.15) is 40.0 Å². The Balaban J connectivity index is 3.43. The smallest absolute Gasteiger partial charge is 0.0593 e. The van der Waals surface area contributed by atoms with Crippen LogP contribution in [0.2, 0.25) is 0 Å². The number of hydrogen-bond acceptors (Lipinski definition) is 3. The quantitative estimate of drug-likeness (QED) is 0.553. The highest BCUT2D eigenvalue weighted by atomic mass is 16.5. The van der Waals surface area contributed by atoms with E-state index in [0.717, 1.165) is 39.3 Å². The van der Waals surface area contributed by atoms with E-state index in [-0.39, 0.29) is 6.61 Å². The van der Waals surface area contributed by atoms with Gasteiger partial charge in [-0.05, 0) is 25.3 Å². The Bertz CT molecular complexity index is 140. The first kappa shape index (κ1) is 15.9. The van der Waals surface area contributed by atoms with Crippen molar-refractivity contribution in [3.8, 4) is 0 Å². The van der Waals surface area contributed by atoms with Gasteiger partial charge in [-0.15, -0.1) is 0 Å². The van der Waals surface area contributed by atoms with E-state index in [4.69, 9.17) is 9.84 Å². The predicted octanol–water partition coefficient (Wildman–Crippen LogP) is 2.14. The van der Waals surface area contributed by atoms with Gasteiger partial charge in [0.05, 0.1) is 13.2 Å². The van der Waals surface area contributed by atoms with Gasteiger partial charge >= 0.3 is 0 Å². The highest BCUT2D eigenvalue weighted by molar-refractivity contribution is 4.56. The second-order valence-electron chi connectivity index (χ2n) is 4.71. The van der Waals surface area contributed by atoms with E-state index in [1.54, 1.807) is 0 Å². The fourth-order valence-electron chi connectivity index (χ4n) is 1.47. The van der Waals surface area contributed by atoms with Crippen molar-refractivity contribution in [3.05, 3.63) is 0 Å². The van der Waals surface area contributed by atoms with Crippen molar-refractivity contribution in [1.29, 1.82) is 0 Å². The van der Waals surface area contributed by atoms with Gasteiger partial charge in [-0.3, -0.25) is 4.90 Å². The molecule has 0 aromatic rings. The third kappa shape index (κ3) is 10.4. The van der Waals surface area contributed by atoms with Crippen LogP contribution in [0.25, 0.3) is 0 Å². The molecule has 3 heteroatoms. The summed E-state index contributed by atoms with van der Waals surface area (Å²) >= 11 is 0. The Labute approximate surface area is 101 Å². The van der Waals surface area contributed by atoms with Gasteiger partial charge in [0.15, 0.2) is 0 Å². The maximum atomic E-state index is 8.93. The standard InChI is InChI=1S/C13H29NO2/c1-4-5-7-14(8-10-15)9-12-16-11-6-13(2)3/h13,15H,4-12H2,1-3H3. The third-order valence-corrected chi connectivity index (χ3v) is 2.64. The normalized spacial score (nSPS) is 11.6. The first-order chi connectivity index (χ1) is 7.70. The lowest BCUT2D eigenvalue weighted by Crippen LogP contribution is -2.31. The largest absolute Gasteiger partial charge is 0.395 e. The summed E-state index contributed by atoms with van der Waals surface area (Å²) < 4.78 is 5.58. The fourth-order valence-corrected chi connectivity index (χ4v) is 1.47. The molecule has 0 aliphatic heterocycles. The minimum Gasteiger partial charge on any atom is -0.395 e. The van der Waals surface area contributed by atoms with Crippen LogP contribution >= 0.6 is 0 Å². The molecule has 0 spiro atoms. The van der Waals surface area contributed by atoms with Crippen LogP contribution in [0.4, 0.5) is 0 Å². The minimum atomic E-state index is 0.246. The van der Waals surface area contributed by atoms with Crippen LogP contribution in [0.5, 0.6) is 0 Å². The third-order valence-electron chi connectivity index (χ3n) is 2.64. The van der Waals surface area contributed by atoms with E-state index in [9.17, 15) is 0 Å². The summed E-state index contributed by atoms with van der Waals surface area (Å²) in [7, 11) is 0. The van der Waals surface area contributed by atoms with Crippen LogP contribution in [-0.4, -0.2) is 49.5 Å². The van der Waals surface area contributed by atoms with E-state index in [1.807, 2.05) is 0 Å². The molecular weight excluding hydrogens is 202 g/mol. The van der Waals surface area contributed by atoms with Crippen LogP contribution in [0.3, 0.4) is 0 Å². The van der Waals surface area contributed by atoms with Crippen LogP contribution in [0, 0.1) is 5.92 Å². The van der Waals surface area contributed by atoms with Gasteiger partial charge in [0, 0.05) is 19.7 Å². The number of rotatable bonds is 11. The molecule has 0 atom stereocenters. The van der Waals surface area contributed by atoms with Gasteiger partial charge in [-0.1, -0.05) is 27.2 Å². The molecule has 0 aromatic carbocycles. The molecule has 0 heterocycles. The molecule has 16 heavy (non-hydrogen) atoms. The second kappa shape index (κ2) is 11.4. The Hall–Kier alpha value is -0.120. The van der Waals surface area contributed by atoms with E-state index < -0.39 is 0 Å². The maximum absolute atomic E-state index is 8.93. The van der Waals surface area contributed by atoms with Crippen molar-refractivity contribution in [3.63, 3.8) is 0 Å². The number of aliphatic hydroxyl groups is 1. The molecule has 0 fully saturated rings. The SMILES string of the molecule is CCCCN(CCO)CCOCCC(C)C. The molecular formula is C13H29NO2. The number of unbranched alkanes of at least 4 members (excludes halogenated alkanes) is 1. The first-order valence-electron chi connectivity index (χ1n) is 6.61. The molecule has 0 rings (SSSR count). The molecule has 0 saturated carbocycles. The monoisotopic (exact) mass is 231 g/mol. The molecule has 0 amide bonds. The van der Waals surface area contributed by atoms with Crippen molar-refractivity contribution in [1.82, 2.24) is 4.90 Å². The summed E-state index contributed by atoms with van der Waals surface area (Å²) in [6, 6.07) is 0. The lowest BCUT2D eigenvalue weighted by molar-refractivity contribution is 0.0887. The molecule has 3 nitrogen and oxygen atoms in total. The fraction of sp³-hybridized carbons (Fsp3) is 1.00. The number of aliphatic hydroxyl groups excluding tert-OH is 1. The predicted molar refractivity (Wildman–Crippen MR) is 68.7 cm³/mol. The summed E-state index contributed by atoms with van der Waals surface area (Å²) in [5.74, 6) is 0.716. The van der Waals surface area contributed by atoms with Crippen LogP contribution in [-0.2, 0) is 4.74 Å². The van der Waals surface area contributed by atoms with Gasteiger partial charge in [0.2, 0.25) is 0 Å². The zero-order valence-electron chi connectivity index (χ0n) is 11.2. The van der Waals surface area contributed by atoms with Crippen molar-refractivity contribution in [2.24, 2.45) is 5.92 Å². The summed E-state index contributed by atoms with van der Waals surface area (Å²) in [6.07, 6.45) is 3.54. The maximum Gasteiger partial charge on any atom is 0.0593 e. The Morgan fingerprint density at radius 1 is 1.12 bits per heavy atom. The lowest BCUT2D eigenvalue weighted by Gasteiger charge is -2.20. The highest BCUT2D eigenvalue weighted by Crippen LogP contribution is 1.99. The Morgan fingerprint density at radius 2 is 1.88 bits per heavy atom. The molecule has 0 aliphatic carbocycles. The van der Waals surface area contributed by atoms with Gasteiger partial charge in [0.25, 0.3) is 0 Å². The average molecular weight is 231 g/mol. The molecule has 1 N–H and O–H groups in total. The topological polar surface area (TPSA) is 32.7 Å². The molecule has 0 aromatic heterocycles. The van der Waals surface area contributed by atoms with E-state index in [1.165, 1.54) is 12.8 Å². The Morgan fingerprint density at radius 3 is 2.44 bits per heavy atom. The zero-order chi connectivity index (χ0) is 12.2. The van der Waals surface area contributed by atoms with Crippen molar-refractivity contribution < 1.29 is 9.84 Å². The summed E-state index contributed by atoms with van der Waals surface area (Å²) in [6.45, 7) is 11.3. The minimum absolute atomic E-state index is 0.246. The van der Waals surface area contributed by atoms with Gasteiger partial charge in [-0.2, -0.15) is 0 Å². The van der Waals surface area contributed by atoms with E-state index >= 15 is 0 Å². The number of hydrogen-bond donors (Lipinski definition) is 1. The van der Waals surface area contributed by atoms with E-state index in [2.05, 4.69) is 25.7 Å². The average Bonchev–Trinajstić information content (AvgIpc) is 2.24. The van der Waals surface area contributed by atoms with Crippen molar-refractivity contribution >= 4 is 0 Å². The van der Waals surface area contributed by atoms with E-state index in [0.29, 0.717) is 5.92 Å². The Kier molecular flexibility index (Phi) is 11.3. The van der Waals surface area contributed by atoms with Crippen LogP contribution in [0.15, 0.2) is 0 Å². The molecule has 98 valence electrons. The molecule has 0 unspecified atom stereocenters. The summed E-state index contributed by atoms with van der Waals surface area (Å²) in [5.41, 5.74) is 0. The van der Waals surface area contributed by atoms with Crippen LogP contribution < -0.4 is 0 Å². The molecule has 0 saturated heterocycles. The highest BCUT2D eigenvalue weighted by Gasteiger charge is 2.03. The van der Waals surface area contributed by atoms with Gasteiger partial charge < -0.3 is 9.84 Å². The van der Waals surface area contributed by atoms with Crippen molar-refractivity contribution in [2.75, 3.05) is 39.5 Å². The summed E-state index contributed by atoms with van der Waals surface area (Å²) in [4.78, 5) is 2.28. The lowest BCUT2D eigenvalue weighted by atomic mass is 10.1. The molecule has 0 radical (unpaired) electrons. The molecule has 0 bridgehead atoms. The number of ether oxygens (including phenoxy) is 1. The van der Waals surface area contributed by atoms with Gasteiger partial charge in [0.1, 0.15) is 0 Å². The van der Waals surface area contributed by atoms with Gasteiger partial charge in [-0.25, -0.2) is 0 Å². The molecule has 0 aliphatic rings. The summed E-state index contributed by atoms with van der Waals surface area (Å²) in [5, 5.41) is 8.93. The first-order valence-corrected chi connectivity index (χ1v) is 6.61. The van der Waals surface area contributed by atoms with Crippen molar-refractivity contribution in [2.45, 2.75) is 40.0 Å².